The summed E-state index contributed by atoms with van der Waals surface area (Å²) >= 11 is 0. The van der Waals surface area contributed by atoms with Crippen LogP contribution in [0.3, 0.4) is 0 Å². The molecule has 1 atom stereocenters. The number of nitrogens with one attached hydrogen (secondary N) is 1. The Hall–Kier alpha value is -1.99. The van der Waals surface area contributed by atoms with Crippen molar-refractivity contribution in [3.63, 3.8) is 0 Å². The average molecular weight is 389 g/mol. The van der Waals surface area contributed by atoms with Crippen molar-refractivity contribution < 1.29 is 14.3 Å². The smallest absolute Gasteiger partial charge is 0.224 e. The van der Waals surface area contributed by atoms with Crippen LogP contribution < -0.4 is 5.32 Å². The minimum Gasteiger partial charge on any atom is -0.379 e. The van der Waals surface area contributed by atoms with Gasteiger partial charge in [0.2, 0.25) is 11.8 Å². The van der Waals surface area contributed by atoms with Crippen molar-refractivity contribution in [1.29, 1.82) is 0 Å². The van der Waals surface area contributed by atoms with Crippen LogP contribution in [0.2, 0.25) is 0 Å². The van der Waals surface area contributed by atoms with Gasteiger partial charge in [-0.2, -0.15) is 0 Å². The topological polar surface area (TPSA) is 74.8 Å². The van der Waals surface area contributed by atoms with E-state index in [-0.39, 0.29) is 17.7 Å². The third-order valence-electron chi connectivity index (χ3n) is 5.54. The normalized spacial score (nSPS) is 20.9. The molecule has 7 nitrogen and oxygen atoms in total. The van der Waals surface area contributed by atoms with E-state index in [1.165, 1.54) is 5.56 Å². The predicted octanol–water partition coefficient (Wildman–Crippen LogP) is 1.09. The van der Waals surface area contributed by atoms with Gasteiger partial charge in [0.25, 0.3) is 0 Å². The minimum absolute atomic E-state index is 0.0804. The number of aromatic nitrogens is 1. The molecule has 7 heteroatoms. The first-order chi connectivity index (χ1) is 13.7. The first kappa shape index (κ1) is 20.7. The van der Waals surface area contributed by atoms with E-state index in [1.54, 1.807) is 6.20 Å². The number of hydrogen-bond acceptors (Lipinski definition) is 5. The zero-order valence-corrected chi connectivity index (χ0v) is 16.6. The second-order valence-corrected chi connectivity index (χ2v) is 7.64. The van der Waals surface area contributed by atoms with Crippen LogP contribution in [0.1, 0.15) is 31.2 Å². The van der Waals surface area contributed by atoms with Gasteiger partial charge in [-0.25, -0.2) is 0 Å². The van der Waals surface area contributed by atoms with E-state index in [0.717, 1.165) is 58.7 Å². The highest BCUT2D eigenvalue weighted by molar-refractivity contribution is 5.83. The van der Waals surface area contributed by atoms with Crippen LogP contribution in [0.5, 0.6) is 0 Å². The maximum absolute atomic E-state index is 12.5. The summed E-state index contributed by atoms with van der Waals surface area (Å²) in [5.74, 6) is 0.180. The van der Waals surface area contributed by atoms with Gasteiger partial charge >= 0.3 is 0 Å². The van der Waals surface area contributed by atoms with Gasteiger partial charge in [0.05, 0.1) is 19.1 Å². The molecule has 2 aliphatic heterocycles. The zero-order valence-electron chi connectivity index (χ0n) is 16.6. The number of rotatable bonds is 9. The molecule has 2 saturated heterocycles. The lowest BCUT2D eigenvalue weighted by Crippen LogP contribution is -2.47. The largest absolute Gasteiger partial charge is 0.379 e. The van der Waals surface area contributed by atoms with Gasteiger partial charge in [-0.1, -0.05) is 6.07 Å². The third kappa shape index (κ3) is 6.56. The van der Waals surface area contributed by atoms with Gasteiger partial charge in [-0.15, -0.1) is 0 Å². The SMILES string of the molecule is O=C(NCCCc1cccnc1)[C@H]1CCC(=O)N(CCCN2CCOCC2)C1. The maximum Gasteiger partial charge on any atom is 0.224 e. The molecule has 28 heavy (non-hydrogen) atoms. The molecule has 3 heterocycles. The van der Waals surface area contributed by atoms with Gasteiger partial charge in [-0.3, -0.25) is 19.5 Å². The number of morpholine rings is 1. The van der Waals surface area contributed by atoms with Crippen molar-refractivity contribution in [2.75, 3.05) is 52.5 Å². The number of ether oxygens (including phenoxy) is 1. The Morgan fingerprint density at radius 2 is 2.11 bits per heavy atom. The fraction of sp³-hybridized carbons (Fsp3) is 0.667. The molecular weight excluding hydrogens is 356 g/mol. The second kappa shape index (κ2) is 11.1. The first-order valence-corrected chi connectivity index (χ1v) is 10.5. The van der Waals surface area contributed by atoms with Crippen LogP contribution >= 0.6 is 0 Å². The Balaban J connectivity index is 1.34. The molecule has 1 aromatic rings. The fourth-order valence-corrected chi connectivity index (χ4v) is 3.85. The average Bonchev–Trinajstić information content (AvgIpc) is 2.74. The van der Waals surface area contributed by atoms with Crippen molar-refractivity contribution in [2.24, 2.45) is 5.92 Å². The molecule has 0 aromatic carbocycles. The second-order valence-electron chi connectivity index (χ2n) is 7.64. The molecule has 2 aliphatic rings. The summed E-state index contributed by atoms with van der Waals surface area (Å²) < 4.78 is 5.37. The number of nitrogens with zero attached hydrogens (tertiary/aromatic N) is 3. The molecule has 0 saturated carbocycles. The lowest BCUT2D eigenvalue weighted by Gasteiger charge is -2.33. The number of amides is 2. The standard InChI is InChI=1S/C21H32N4O3/c26-20-7-6-19(17-25(20)11-3-10-24-12-14-28-15-13-24)21(27)23-9-2-5-18-4-1-8-22-16-18/h1,4,8,16,19H,2-3,5-7,9-15,17H2,(H,23,27)/t19-/m0/s1. The molecule has 1 N–H and O–H groups in total. The minimum atomic E-state index is -0.0838. The highest BCUT2D eigenvalue weighted by Crippen LogP contribution is 2.18. The summed E-state index contributed by atoms with van der Waals surface area (Å²) in [5, 5.41) is 3.05. The van der Waals surface area contributed by atoms with E-state index in [1.807, 2.05) is 17.2 Å². The Morgan fingerprint density at radius 3 is 2.89 bits per heavy atom. The summed E-state index contributed by atoms with van der Waals surface area (Å²) in [5.41, 5.74) is 1.19. The third-order valence-corrected chi connectivity index (χ3v) is 5.54. The molecule has 154 valence electrons. The number of aryl methyl sites for hydroxylation is 1. The summed E-state index contributed by atoms with van der Waals surface area (Å²) in [6.45, 7) is 6.47. The van der Waals surface area contributed by atoms with E-state index in [0.29, 0.717) is 25.9 Å². The van der Waals surface area contributed by atoms with Gasteiger partial charge < -0.3 is 15.0 Å². The maximum atomic E-state index is 12.5. The Kier molecular flexibility index (Phi) is 8.23. The molecular formula is C21H32N4O3. The van der Waals surface area contributed by atoms with E-state index in [2.05, 4.69) is 21.3 Å². The molecule has 0 unspecified atom stereocenters. The van der Waals surface area contributed by atoms with E-state index >= 15 is 0 Å². The summed E-state index contributed by atoms with van der Waals surface area (Å²) in [4.78, 5) is 33.1. The number of carbonyl (C=O) groups is 2. The summed E-state index contributed by atoms with van der Waals surface area (Å²) in [6, 6.07) is 3.98. The number of hydrogen-bond donors (Lipinski definition) is 1. The number of likely N-dealkylation sites (tertiary alicyclic amines) is 1. The van der Waals surface area contributed by atoms with Crippen LogP contribution in [0.25, 0.3) is 0 Å². The summed E-state index contributed by atoms with van der Waals surface area (Å²) in [7, 11) is 0. The van der Waals surface area contributed by atoms with E-state index in [4.69, 9.17) is 4.74 Å². The van der Waals surface area contributed by atoms with E-state index < -0.39 is 0 Å². The van der Waals surface area contributed by atoms with Crippen molar-refractivity contribution in [3.05, 3.63) is 30.1 Å². The molecule has 2 fully saturated rings. The zero-order chi connectivity index (χ0) is 19.6. The molecule has 0 bridgehead atoms. The monoisotopic (exact) mass is 388 g/mol. The van der Waals surface area contributed by atoms with Crippen molar-refractivity contribution in [3.8, 4) is 0 Å². The van der Waals surface area contributed by atoms with Crippen LogP contribution in [-0.2, 0) is 20.7 Å². The molecule has 2 amide bonds. The first-order valence-electron chi connectivity index (χ1n) is 10.5. The Morgan fingerprint density at radius 1 is 1.25 bits per heavy atom. The van der Waals surface area contributed by atoms with Crippen molar-refractivity contribution in [2.45, 2.75) is 32.1 Å². The van der Waals surface area contributed by atoms with Crippen LogP contribution in [0, 0.1) is 5.92 Å². The number of carbonyl (C=O) groups excluding carboxylic acids is 2. The molecule has 0 aliphatic carbocycles. The highest BCUT2D eigenvalue weighted by atomic mass is 16.5. The number of piperidine rings is 1. The van der Waals surface area contributed by atoms with E-state index in [9.17, 15) is 9.59 Å². The summed E-state index contributed by atoms with van der Waals surface area (Å²) in [6.07, 6.45) is 7.52. The van der Waals surface area contributed by atoms with Crippen molar-refractivity contribution >= 4 is 11.8 Å². The van der Waals surface area contributed by atoms with Crippen molar-refractivity contribution in [1.82, 2.24) is 20.1 Å². The van der Waals surface area contributed by atoms with Gasteiger partial charge in [-0.05, 0) is 37.3 Å². The van der Waals surface area contributed by atoms with Gasteiger partial charge in [0.1, 0.15) is 0 Å². The van der Waals surface area contributed by atoms with Crippen LogP contribution in [-0.4, -0.2) is 79.1 Å². The van der Waals surface area contributed by atoms with Gasteiger partial charge in [0.15, 0.2) is 0 Å². The molecule has 0 radical (unpaired) electrons. The lowest BCUT2D eigenvalue weighted by atomic mass is 9.96. The fourth-order valence-electron chi connectivity index (χ4n) is 3.85. The highest BCUT2D eigenvalue weighted by Gasteiger charge is 2.29. The quantitative estimate of drug-likeness (QED) is 0.641. The molecule has 3 rings (SSSR count). The molecule has 0 spiro atoms. The number of pyridine rings is 1. The lowest BCUT2D eigenvalue weighted by molar-refractivity contribution is -0.138. The van der Waals surface area contributed by atoms with Crippen LogP contribution in [0.15, 0.2) is 24.5 Å². The predicted molar refractivity (Wildman–Crippen MR) is 107 cm³/mol. The molecule has 1 aromatic heterocycles. The van der Waals surface area contributed by atoms with Crippen LogP contribution in [0.4, 0.5) is 0 Å². The van der Waals surface area contributed by atoms with Gasteiger partial charge in [0, 0.05) is 58.1 Å². The Bertz CT molecular complexity index is 619. The Labute approximate surface area is 167 Å².